The molecule has 2 aromatic rings. The SMILES string of the molecule is O=C(Nc1nc2c(s1)CN(S(=O)(=O)C1CC1)CC2)C1COc2ccccc2O1. The largest absolute Gasteiger partial charge is 0.485 e. The Morgan fingerprint density at radius 2 is 2.04 bits per heavy atom. The van der Waals surface area contributed by atoms with Crippen LogP contribution >= 0.6 is 11.3 Å². The highest BCUT2D eigenvalue weighted by molar-refractivity contribution is 7.90. The van der Waals surface area contributed by atoms with Gasteiger partial charge >= 0.3 is 0 Å². The summed E-state index contributed by atoms with van der Waals surface area (Å²) in [5, 5.41) is 3.03. The summed E-state index contributed by atoms with van der Waals surface area (Å²) in [5.74, 6) is 0.824. The van der Waals surface area contributed by atoms with Gasteiger partial charge in [-0.25, -0.2) is 13.4 Å². The number of hydrogen-bond donors (Lipinski definition) is 1. The van der Waals surface area contributed by atoms with Gasteiger partial charge in [-0.05, 0) is 25.0 Å². The molecule has 1 unspecified atom stereocenters. The summed E-state index contributed by atoms with van der Waals surface area (Å²) in [6.07, 6.45) is 1.30. The summed E-state index contributed by atoms with van der Waals surface area (Å²) in [6.45, 7) is 0.902. The van der Waals surface area contributed by atoms with Crippen molar-refractivity contribution in [2.24, 2.45) is 0 Å². The van der Waals surface area contributed by atoms with Crippen molar-refractivity contribution in [2.45, 2.75) is 37.2 Å². The lowest BCUT2D eigenvalue weighted by atomic mass is 10.2. The first-order chi connectivity index (χ1) is 13.5. The summed E-state index contributed by atoms with van der Waals surface area (Å²) < 4.78 is 37.8. The van der Waals surface area contributed by atoms with E-state index in [-0.39, 0.29) is 17.8 Å². The molecule has 5 rings (SSSR count). The summed E-state index contributed by atoms with van der Waals surface area (Å²) in [5.41, 5.74) is 0.855. The maximum absolute atomic E-state index is 12.6. The Hall–Kier alpha value is -2.17. The Morgan fingerprint density at radius 3 is 2.82 bits per heavy atom. The molecule has 1 aromatic carbocycles. The first kappa shape index (κ1) is 17.9. The van der Waals surface area contributed by atoms with E-state index in [0.29, 0.717) is 36.1 Å². The molecule has 1 atom stereocenters. The number of nitrogens with zero attached hydrogens (tertiary/aromatic N) is 2. The summed E-state index contributed by atoms with van der Waals surface area (Å²) in [6, 6.07) is 7.21. The van der Waals surface area contributed by atoms with E-state index >= 15 is 0 Å². The number of ether oxygens (including phenoxy) is 2. The first-order valence-electron chi connectivity index (χ1n) is 9.17. The quantitative estimate of drug-likeness (QED) is 0.808. The Bertz CT molecular complexity index is 1030. The molecule has 1 aliphatic carbocycles. The second-order valence-electron chi connectivity index (χ2n) is 7.07. The molecule has 1 fully saturated rings. The number of hydrogen-bond acceptors (Lipinski definition) is 7. The molecule has 3 aliphatic rings. The van der Waals surface area contributed by atoms with Crippen LogP contribution in [0.5, 0.6) is 11.5 Å². The minimum atomic E-state index is -3.20. The highest BCUT2D eigenvalue weighted by Gasteiger charge is 2.41. The van der Waals surface area contributed by atoms with E-state index in [1.165, 1.54) is 11.3 Å². The third kappa shape index (κ3) is 3.25. The van der Waals surface area contributed by atoms with Crippen LogP contribution in [-0.2, 0) is 27.8 Å². The van der Waals surface area contributed by atoms with Gasteiger partial charge in [0.1, 0.15) is 6.61 Å². The average molecular weight is 422 g/mol. The van der Waals surface area contributed by atoms with Gasteiger partial charge in [0.2, 0.25) is 16.1 Å². The van der Waals surface area contributed by atoms with Gasteiger partial charge in [0.25, 0.3) is 5.91 Å². The molecule has 10 heteroatoms. The molecule has 1 aromatic heterocycles. The maximum Gasteiger partial charge on any atom is 0.270 e. The number of aromatic nitrogens is 1. The normalized spacial score (nSPS) is 21.8. The molecule has 1 N–H and O–H groups in total. The third-order valence-electron chi connectivity index (χ3n) is 5.03. The molecular weight excluding hydrogens is 402 g/mol. The van der Waals surface area contributed by atoms with Crippen molar-refractivity contribution >= 4 is 32.4 Å². The number of para-hydroxylation sites is 2. The van der Waals surface area contributed by atoms with Crippen LogP contribution in [0.3, 0.4) is 0 Å². The van der Waals surface area contributed by atoms with Crippen LogP contribution in [0.15, 0.2) is 24.3 Å². The number of sulfonamides is 1. The minimum Gasteiger partial charge on any atom is -0.485 e. The monoisotopic (exact) mass is 421 g/mol. The van der Waals surface area contributed by atoms with E-state index in [4.69, 9.17) is 9.47 Å². The molecule has 0 bridgehead atoms. The average Bonchev–Trinajstić information content (AvgIpc) is 3.48. The lowest BCUT2D eigenvalue weighted by molar-refractivity contribution is -0.125. The van der Waals surface area contributed by atoms with E-state index in [1.54, 1.807) is 16.4 Å². The molecule has 28 heavy (non-hydrogen) atoms. The minimum absolute atomic E-state index is 0.126. The van der Waals surface area contributed by atoms with Gasteiger partial charge in [-0.1, -0.05) is 12.1 Å². The predicted molar refractivity (Wildman–Crippen MR) is 103 cm³/mol. The zero-order chi connectivity index (χ0) is 19.3. The van der Waals surface area contributed by atoms with Gasteiger partial charge in [-0.3, -0.25) is 10.1 Å². The number of rotatable bonds is 4. The molecule has 148 valence electrons. The van der Waals surface area contributed by atoms with Crippen LogP contribution in [0.1, 0.15) is 23.4 Å². The van der Waals surface area contributed by atoms with E-state index in [0.717, 1.165) is 23.4 Å². The van der Waals surface area contributed by atoms with Crippen LogP contribution in [0, 0.1) is 0 Å². The van der Waals surface area contributed by atoms with Crippen LogP contribution in [0.4, 0.5) is 5.13 Å². The van der Waals surface area contributed by atoms with Crippen molar-refractivity contribution in [2.75, 3.05) is 18.5 Å². The van der Waals surface area contributed by atoms with E-state index in [9.17, 15) is 13.2 Å². The molecule has 3 heterocycles. The smallest absolute Gasteiger partial charge is 0.270 e. The second kappa shape index (κ2) is 6.71. The zero-order valence-corrected chi connectivity index (χ0v) is 16.6. The third-order valence-corrected chi connectivity index (χ3v) is 8.38. The van der Waals surface area contributed by atoms with Crippen molar-refractivity contribution in [1.82, 2.24) is 9.29 Å². The predicted octanol–water partition coefficient (Wildman–Crippen LogP) is 1.77. The number of carbonyl (C=O) groups is 1. The molecule has 1 saturated carbocycles. The number of fused-ring (bicyclic) bond motifs is 2. The van der Waals surface area contributed by atoms with E-state index < -0.39 is 16.1 Å². The fourth-order valence-electron chi connectivity index (χ4n) is 3.35. The summed E-state index contributed by atoms with van der Waals surface area (Å²) >= 11 is 1.32. The maximum atomic E-state index is 12.6. The van der Waals surface area contributed by atoms with E-state index in [1.807, 2.05) is 12.1 Å². The Morgan fingerprint density at radius 1 is 1.25 bits per heavy atom. The van der Waals surface area contributed by atoms with Crippen LogP contribution in [-0.4, -0.2) is 48.1 Å². The lowest BCUT2D eigenvalue weighted by Gasteiger charge is -2.25. The lowest BCUT2D eigenvalue weighted by Crippen LogP contribution is -2.40. The van der Waals surface area contributed by atoms with Gasteiger partial charge in [0, 0.05) is 24.4 Å². The Kier molecular flexibility index (Phi) is 4.29. The molecule has 8 nitrogen and oxygen atoms in total. The van der Waals surface area contributed by atoms with Crippen LogP contribution < -0.4 is 14.8 Å². The summed E-state index contributed by atoms with van der Waals surface area (Å²) in [4.78, 5) is 17.9. The number of anilines is 1. The number of amides is 1. The Balaban J connectivity index is 1.26. The van der Waals surface area contributed by atoms with Gasteiger partial charge < -0.3 is 9.47 Å². The van der Waals surface area contributed by atoms with Crippen molar-refractivity contribution in [3.63, 3.8) is 0 Å². The molecule has 0 saturated heterocycles. The van der Waals surface area contributed by atoms with Gasteiger partial charge in [0.05, 0.1) is 10.9 Å². The first-order valence-corrected chi connectivity index (χ1v) is 11.5. The van der Waals surface area contributed by atoms with Gasteiger partial charge in [-0.2, -0.15) is 4.31 Å². The van der Waals surface area contributed by atoms with Crippen molar-refractivity contribution < 1.29 is 22.7 Å². The van der Waals surface area contributed by atoms with E-state index in [2.05, 4.69) is 10.3 Å². The van der Waals surface area contributed by atoms with Gasteiger partial charge in [-0.15, -0.1) is 11.3 Å². The molecule has 0 radical (unpaired) electrons. The number of nitrogens with one attached hydrogen (secondary N) is 1. The topological polar surface area (TPSA) is 97.8 Å². The van der Waals surface area contributed by atoms with Gasteiger partial charge in [0.15, 0.2) is 16.6 Å². The van der Waals surface area contributed by atoms with Crippen LogP contribution in [0.25, 0.3) is 0 Å². The molecule has 0 spiro atoms. The fraction of sp³-hybridized carbons (Fsp3) is 0.444. The van der Waals surface area contributed by atoms with Crippen molar-refractivity contribution in [3.8, 4) is 11.5 Å². The Labute approximate surface area is 166 Å². The second-order valence-corrected chi connectivity index (χ2v) is 10.4. The molecule has 1 amide bonds. The summed E-state index contributed by atoms with van der Waals surface area (Å²) in [7, 11) is -3.20. The van der Waals surface area contributed by atoms with Crippen molar-refractivity contribution in [3.05, 3.63) is 34.8 Å². The number of carbonyl (C=O) groups excluding carboxylic acids is 1. The highest BCUT2D eigenvalue weighted by Crippen LogP contribution is 2.36. The number of benzene rings is 1. The molecule has 2 aliphatic heterocycles. The fourth-order valence-corrected chi connectivity index (χ4v) is 6.27. The van der Waals surface area contributed by atoms with Crippen LogP contribution in [0.2, 0.25) is 0 Å². The standard InChI is InChI=1S/C18H19N3O5S2/c22-17(15-10-25-13-3-1-2-4-14(13)26-15)20-18-19-12-7-8-21(9-16(12)27-18)28(23,24)11-5-6-11/h1-4,11,15H,5-10H2,(H,19,20,22). The number of thiazole rings is 1. The molecular formula is C18H19N3O5S2. The zero-order valence-electron chi connectivity index (χ0n) is 15.0. The highest BCUT2D eigenvalue weighted by atomic mass is 32.2. The van der Waals surface area contributed by atoms with Crippen molar-refractivity contribution in [1.29, 1.82) is 0 Å².